The van der Waals surface area contributed by atoms with Crippen LogP contribution in [0.5, 0.6) is 0 Å². The van der Waals surface area contributed by atoms with Crippen molar-refractivity contribution in [2.45, 2.75) is 24.8 Å². The maximum atomic E-state index is 12.3. The van der Waals surface area contributed by atoms with E-state index in [2.05, 4.69) is 32.3 Å². The Kier molecular flexibility index (Phi) is 5.25. The van der Waals surface area contributed by atoms with Gasteiger partial charge < -0.3 is 10.2 Å². The van der Waals surface area contributed by atoms with Crippen molar-refractivity contribution in [1.29, 1.82) is 0 Å². The van der Waals surface area contributed by atoms with Gasteiger partial charge in [0.25, 0.3) is 0 Å². The molecule has 27 heavy (non-hydrogen) atoms. The highest BCUT2D eigenvalue weighted by molar-refractivity contribution is 8.00. The van der Waals surface area contributed by atoms with Crippen LogP contribution in [0, 0.1) is 6.92 Å². The van der Waals surface area contributed by atoms with Crippen LogP contribution in [-0.4, -0.2) is 34.7 Å². The molecule has 0 atom stereocenters. The van der Waals surface area contributed by atoms with Gasteiger partial charge in [0.05, 0.1) is 22.5 Å². The molecule has 2 aromatic carbocycles. The summed E-state index contributed by atoms with van der Waals surface area (Å²) in [4.78, 5) is 23.9. The molecule has 0 bridgehead atoms. The molecule has 1 N–H and O–H groups in total. The average Bonchev–Trinajstić information content (AvgIpc) is 3.22. The number of hydrogen-bond donors (Lipinski definition) is 1. The summed E-state index contributed by atoms with van der Waals surface area (Å²) in [7, 11) is 0. The van der Waals surface area contributed by atoms with Gasteiger partial charge in [-0.25, -0.2) is 9.97 Å². The van der Waals surface area contributed by atoms with Crippen LogP contribution >= 0.6 is 11.8 Å². The lowest BCUT2D eigenvalue weighted by molar-refractivity contribution is -0.113. The van der Waals surface area contributed by atoms with Gasteiger partial charge in [0.2, 0.25) is 5.91 Å². The van der Waals surface area contributed by atoms with E-state index in [1.165, 1.54) is 30.3 Å². The van der Waals surface area contributed by atoms with Gasteiger partial charge in [-0.05, 0) is 56.2 Å². The van der Waals surface area contributed by atoms with E-state index in [0.29, 0.717) is 5.75 Å². The van der Waals surface area contributed by atoms with E-state index >= 15 is 0 Å². The Balaban J connectivity index is 1.36. The number of amides is 1. The second-order valence-corrected chi connectivity index (χ2v) is 7.64. The Labute approximate surface area is 163 Å². The number of anilines is 2. The van der Waals surface area contributed by atoms with Crippen LogP contribution in [0.1, 0.15) is 18.5 Å². The van der Waals surface area contributed by atoms with Crippen molar-refractivity contribution in [2.75, 3.05) is 29.1 Å². The van der Waals surface area contributed by atoms with E-state index in [1.54, 1.807) is 0 Å². The van der Waals surface area contributed by atoms with Crippen LogP contribution < -0.4 is 10.2 Å². The lowest BCUT2D eigenvalue weighted by Crippen LogP contribution is -2.18. The molecule has 2 heterocycles. The van der Waals surface area contributed by atoms with E-state index < -0.39 is 0 Å². The number of carbonyl (C=O) groups is 1. The largest absolute Gasteiger partial charge is 0.372 e. The van der Waals surface area contributed by atoms with Crippen molar-refractivity contribution in [3.63, 3.8) is 0 Å². The molecular formula is C21H22N4OS. The summed E-state index contributed by atoms with van der Waals surface area (Å²) >= 11 is 1.42. The van der Waals surface area contributed by atoms with Crippen LogP contribution in [0.25, 0.3) is 11.0 Å². The molecule has 0 saturated carbocycles. The van der Waals surface area contributed by atoms with E-state index in [1.807, 2.05) is 43.3 Å². The number of nitrogens with one attached hydrogen (secondary N) is 1. The van der Waals surface area contributed by atoms with Gasteiger partial charge in [-0.2, -0.15) is 0 Å². The van der Waals surface area contributed by atoms with Gasteiger partial charge in [-0.1, -0.05) is 23.9 Å². The van der Waals surface area contributed by atoms with Crippen LogP contribution in [-0.2, 0) is 4.79 Å². The quantitative estimate of drug-likeness (QED) is 0.672. The predicted molar refractivity (Wildman–Crippen MR) is 112 cm³/mol. The van der Waals surface area contributed by atoms with Crippen molar-refractivity contribution < 1.29 is 4.79 Å². The zero-order valence-electron chi connectivity index (χ0n) is 15.3. The minimum absolute atomic E-state index is 0.0386. The van der Waals surface area contributed by atoms with Gasteiger partial charge in [0, 0.05) is 24.5 Å². The molecule has 1 aliphatic rings. The number of nitrogens with zero attached hydrogens (tertiary/aromatic N) is 3. The Hall–Kier alpha value is -2.60. The molecule has 138 valence electrons. The zero-order chi connectivity index (χ0) is 18.6. The van der Waals surface area contributed by atoms with Crippen molar-refractivity contribution in [3.8, 4) is 0 Å². The summed E-state index contributed by atoms with van der Waals surface area (Å²) in [6.07, 6.45) is 2.51. The minimum Gasteiger partial charge on any atom is -0.372 e. The Morgan fingerprint density at radius 3 is 2.41 bits per heavy atom. The SMILES string of the molecule is Cc1nc2ccccc2nc1SCC(=O)Nc1ccc(N2CCCC2)cc1. The third-order valence-corrected chi connectivity index (χ3v) is 5.73. The first kappa shape index (κ1) is 17.8. The third-order valence-electron chi connectivity index (χ3n) is 4.66. The number of hydrogen-bond acceptors (Lipinski definition) is 5. The fourth-order valence-corrected chi connectivity index (χ4v) is 4.03. The molecule has 6 heteroatoms. The van der Waals surface area contributed by atoms with Crippen molar-refractivity contribution >= 4 is 40.1 Å². The van der Waals surface area contributed by atoms with Crippen molar-refractivity contribution in [3.05, 3.63) is 54.2 Å². The summed E-state index contributed by atoms with van der Waals surface area (Å²) < 4.78 is 0. The van der Waals surface area contributed by atoms with Crippen LogP contribution in [0.3, 0.4) is 0 Å². The summed E-state index contributed by atoms with van der Waals surface area (Å²) in [5, 5.41) is 3.76. The van der Waals surface area contributed by atoms with E-state index in [9.17, 15) is 4.79 Å². The maximum absolute atomic E-state index is 12.3. The van der Waals surface area contributed by atoms with Crippen molar-refractivity contribution in [1.82, 2.24) is 9.97 Å². The van der Waals surface area contributed by atoms with Gasteiger partial charge in [0.1, 0.15) is 5.03 Å². The van der Waals surface area contributed by atoms with Gasteiger partial charge in [-0.15, -0.1) is 0 Å². The van der Waals surface area contributed by atoms with Crippen LogP contribution in [0.2, 0.25) is 0 Å². The smallest absolute Gasteiger partial charge is 0.234 e. The fourth-order valence-electron chi connectivity index (χ4n) is 3.27. The summed E-state index contributed by atoms with van der Waals surface area (Å²) in [6, 6.07) is 15.9. The number of carbonyl (C=O) groups excluding carboxylic acids is 1. The molecule has 4 rings (SSSR count). The van der Waals surface area contributed by atoms with E-state index in [-0.39, 0.29) is 5.91 Å². The number of aromatic nitrogens is 2. The second kappa shape index (κ2) is 7.96. The summed E-state index contributed by atoms with van der Waals surface area (Å²) in [5.41, 5.74) is 4.62. The average molecular weight is 379 g/mol. The van der Waals surface area contributed by atoms with Gasteiger partial charge in [-0.3, -0.25) is 4.79 Å². The fraction of sp³-hybridized carbons (Fsp3) is 0.286. The number of thioether (sulfide) groups is 1. The second-order valence-electron chi connectivity index (χ2n) is 6.68. The summed E-state index contributed by atoms with van der Waals surface area (Å²) in [5.74, 6) is 0.269. The third kappa shape index (κ3) is 4.22. The lowest BCUT2D eigenvalue weighted by Gasteiger charge is -2.17. The number of rotatable bonds is 5. The zero-order valence-corrected chi connectivity index (χ0v) is 16.1. The van der Waals surface area contributed by atoms with Gasteiger partial charge in [0.15, 0.2) is 0 Å². The van der Waals surface area contributed by atoms with Crippen LogP contribution in [0.4, 0.5) is 11.4 Å². The van der Waals surface area contributed by atoms with E-state index in [4.69, 9.17) is 0 Å². The highest BCUT2D eigenvalue weighted by Gasteiger charge is 2.13. The topological polar surface area (TPSA) is 58.1 Å². The molecule has 1 aromatic heterocycles. The number of fused-ring (bicyclic) bond motifs is 1. The molecule has 1 aliphatic heterocycles. The maximum Gasteiger partial charge on any atom is 0.234 e. The first-order valence-electron chi connectivity index (χ1n) is 9.20. The molecular weight excluding hydrogens is 356 g/mol. The Morgan fingerprint density at radius 1 is 1.04 bits per heavy atom. The van der Waals surface area contributed by atoms with Crippen molar-refractivity contribution in [2.24, 2.45) is 0 Å². The number of para-hydroxylation sites is 2. The Morgan fingerprint density at radius 2 is 1.70 bits per heavy atom. The first-order chi connectivity index (χ1) is 13.2. The summed E-state index contributed by atoms with van der Waals surface area (Å²) in [6.45, 7) is 4.17. The molecule has 5 nitrogen and oxygen atoms in total. The molecule has 0 unspecified atom stereocenters. The number of aryl methyl sites for hydroxylation is 1. The molecule has 0 radical (unpaired) electrons. The molecule has 3 aromatic rings. The Bertz CT molecular complexity index is 952. The minimum atomic E-state index is -0.0386. The lowest BCUT2D eigenvalue weighted by atomic mass is 10.2. The molecule has 0 aliphatic carbocycles. The molecule has 0 spiro atoms. The highest BCUT2D eigenvalue weighted by Crippen LogP contribution is 2.24. The predicted octanol–water partition coefficient (Wildman–Crippen LogP) is 4.27. The standard InChI is InChI=1S/C21H22N4OS/c1-15-21(24-19-7-3-2-6-18(19)22-15)27-14-20(26)23-16-8-10-17(11-9-16)25-12-4-5-13-25/h2-3,6-11H,4-5,12-14H2,1H3,(H,23,26). The first-order valence-corrected chi connectivity index (χ1v) is 10.2. The monoisotopic (exact) mass is 378 g/mol. The molecule has 1 fully saturated rings. The normalized spacial score (nSPS) is 13.9. The van der Waals surface area contributed by atoms with E-state index in [0.717, 1.165) is 40.5 Å². The van der Waals surface area contributed by atoms with Gasteiger partial charge >= 0.3 is 0 Å². The molecule has 1 saturated heterocycles. The molecule has 1 amide bonds. The van der Waals surface area contributed by atoms with Crippen LogP contribution in [0.15, 0.2) is 53.6 Å². The highest BCUT2D eigenvalue weighted by atomic mass is 32.2. The number of benzene rings is 2.